The molecule has 6 nitrogen and oxygen atoms in total. The third-order valence-electron chi connectivity index (χ3n) is 12.1. The normalized spacial score (nSPS) is 12.2. The van der Waals surface area contributed by atoms with E-state index in [1.807, 2.05) is 0 Å². The second-order valence-corrected chi connectivity index (χ2v) is 18.5. The molecule has 6 heteroatoms. The minimum absolute atomic E-state index is 0.0728. The topological polar surface area (TPSA) is 78.9 Å². The quantitative estimate of drug-likeness (QED) is 0.0262. The van der Waals surface area contributed by atoms with Gasteiger partial charge < -0.3 is 14.2 Å². The highest BCUT2D eigenvalue weighted by Crippen LogP contribution is 2.16. The van der Waals surface area contributed by atoms with Crippen LogP contribution in [0.25, 0.3) is 0 Å². The van der Waals surface area contributed by atoms with Crippen LogP contribution in [0.3, 0.4) is 0 Å². The van der Waals surface area contributed by atoms with Gasteiger partial charge >= 0.3 is 17.9 Å². The monoisotopic (exact) mass is 885 g/mol. The highest BCUT2D eigenvalue weighted by Gasteiger charge is 2.19. The summed E-state index contributed by atoms with van der Waals surface area (Å²) in [6, 6.07) is 0. The van der Waals surface area contributed by atoms with Gasteiger partial charge in [-0.15, -0.1) is 0 Å². The van der Waals surface area contributed by atoms with Crippen LogP contribution in [0, 0.1) is 0 Å². The number of esters is 3. The Bertz CT molecular complexity index is 1060. The molecule has 0 heterocycles. The van der Waals surface area contributed by atoms with Crippen molar-refractivity contribution in [2.75, 3.05) is 13.2 Å². The van der Waals surface area contributed by atoms with Crippen LogP contribution < -0.4 is 0 Å². The van der Waals surface area contributed by atoms with Gasteiger partial charge in [0.25, 0.3) is 0 Å². The predicted octanol–water partition coefficient (Wildman–Crippen LogP) is 18.1. The van der Waals surface area contributed by atoms with E-state index in [0.29, 0.717) is 19.3 Å². The van der Waals surface area contributed by atoms with E-state index in [2.05, 4.69) is 57.2 Å². The van der Waals surface area contributed by atoms with E-state index in [1.54, 1.807) is 0 Å². The van der Waals surface area contributed by atoms with Gasteiger partial charge in [-0.25, -0.2) is 0 Å². The van der Waals surface area contributed by atoms with Crippen LogP contribution in [-0.2, 0) is 28.6 Å². The minimum atomic E-state index is -0.771. The maximum atomic E-state index is 12.8. The second-order valence-electron chi connectivity index (χ2n) is 18.5. The van der Waals surface area contributed by atoms with E-state index < -0.39 is 6.10 Å². The van der Waals surface area contributed by atoms with Crippen molar-refractivity contribution in [1.29, 1.82) is 0 Å². The summed E-state index contributed by atoms with van der Waals surface area (Å²) in [4.78, 5) is 37.9. The van der Waals surface area contributed by atoms with Gasteiger partial charge in [0.15, 0.2) is 6.10 Å². The van der Waals surface area contributed by atoms with Crippen LogP contribution in [0.2, 0.25) is 0 Å². The van der Waals surface area contributed by atoms with Crippen LogP contribution in [0.1, 0.15) is 290 Å². The molecule has 1 atom stereocenters. The summed E-state index contributed by atoms with van der Waals surface area (Å²) in [5, 5.41) is 0. The maximum absolute atomic E-state index is 12.8. The molecule has 0 saturated carbocycles. The Balaban J connectivity index is 4.20. The summed E-state index contributed by atoms with van der Waals surface area (Å²) in [6.45, 7) is 6.58. The van der Waals surface area contributed by atoms with Gasteiger partial charge in [-0.1, -0.05) is 237 Å². The minimum Gasteiger partial charge on any atom is -0.462 e. The van der Waals surface area contributed by atoms with E-state index in [0.717, 1.165) is 77.0 Å². The summed E-state index contributed by atoms with van der Waals surface area (Å²) in [7, 11) is 0. The zero-order chi connectivity index (χ0) is 45.8. The number of rotatable bonds is 50. The molecular formula is C57H104O6. The summed E-state index contributed by atoms with van der Waals surface area (Å²) in [6.07, 6.45) is 61.4. The summed E-state index contributed by atoms with van der Waals surface area (Å²) >= 11 is 0. The van der Waals surface area contributed by atoms with Crippen LogP contribution in [-0.4, -0.2) is 37.2 Å². The molecule has 0 aromatic rings. The molecule has 0 aliphatic heterocycles. The zero-order valence-electron chi connectivity index (χ0n) is 42.1. The number of ether oxygens (including phenoxy) is 3. The van der Waals surface area contributed by atoms with Crippen molar-refractivity contribution in [3.63, 3.8) is 0 Å². The van der Waals surface area contributed by atoms with E-state index in [1.165, 1.54) is 173 Å². The average molecular weight is 885 g/mol. The summed E-state index contributed by atoms with van der Waals surface area (Å²) in [5.74, 6) is -0.874. The van der Waals surface area contributed by atoms with E-state index in [9.17, 15) is 14.4 Å². The van der Waals surface area contributed by atoms with E-state index >= 15 is 0 Å². The highest BCUT2D eigenvalue weighted by atomic mass is 16.6. The van der Waals surface area contributed by atoms with Crippen molar-refractivity contribution in [3.8, 4) is 0 Å². The first kappa shape index (κ1) is 60.6. The van der Waals surface area contributed by atoms with Crippen molar-refractivity contribution in [1.82, 2.24) is 0 Å². The van der Waals surface area contributed by atoms with Gasteiger partial charge in [-0.3, -0.25) is 14.4 Å². The predicted molar refractivity (Wildman–Crippen MR) is 270 cm³/mol. The Hall–Kier alpha value is -2.37. The zero-order valence-corrected chi connectivity index (χ0v) is 42.1. The fraction of sp³-hybridized carbons (Fsp3) is 0.842. The first-order valence-electron chi connectivity index (χ1n) is 27.5. The number of unbranched alkanes of at least 4 members (excludes halogenated alkanes) is 33. The third-order valence-corrected chi connectivity index (χ3v) is 12.1. The van der Waals surface area contributed by atoms with Crippen LogP contribution in [0.5, 0.6) is 0 Å². The Morgan fingerprint density at radius 3 is 0.952 bits per heavy atom. The number of carbonyl (C=O) groups is 3. The molecule has 0 bridgehead atoms. The molecule has 0 aliphatic carbocycles. The molecule has 0 saturated heterocycles. The molecule has 0 amide bonds. The highest BCUT2D eigenvalue weighted by molar-refractivity contribution is 5.71. The number of carbonyl (C=O) groups excluding carboxylic acids is 3. The Morgan fingerprint density at radius 2 is 0.603 bits per heavy atom. The lowest BCUT2D eigenvalue weighted by Crippen LogP contribution is -2.30. The first-order chi connectivity index (χ1) is 31.0. The standard InChI is InChI=1S/C57H104O6/c1-4-7-10-13-16-19-22-24-25-26-27-28-29-30-31-32-33-34-36-38-41-44-47-50-56(59)62-53-54(52-61-55(58)49-46-43-40-37-21-18-15-12-9-6-3)63-57(60)51-48-45-42-39-35-23-20-17-14-11-8-5-2/h12,15,22,24,26-27,54H,4-11,13-14,16-21,23,25,28-53H2,1-3H3/b15-12-,24-22-,27-26-. The van der Waals surface area contributed by atoms with E-state index in [-0.39, 0.29) is 31.1 Å². The first-order valence-corrected chi connectivity index (χ1v) is 27.5. The smallest absolute Gasteiger partial charge is 0.306 e. The largest absolute Gasteiger partial charge is 0.462 e. The molecule has 0 N–H and O–H groups in total. The lowest BCUT2D eigenvalue weighted by molar-refractivity contribution is -0.167. The third kappa shape index (κ3) is 50.5. The van der Waals surface area contributed by atoms with Crippen molar-refractivity contribution in [2.45, 2.75) is 297 Å². The summed E-state index contributed by atoms with van der Waals surface area (Å²) in [5.41, 5.74) is 0. The Morgan fingerprint density at radius 1 is 0.317 bits per heavy atom. The maximum Gasteiger partial charge on any atom is 0.306 e. The van der Waals surface area contributed by atoms with E-state index in [4.69, 9.17) is 14.2 Å². The molecule has 1 unspecified atom stereocenters. The lowest BCUT2D eigenvalue weighted by atomic mass is 10.0. The van der Waals surface area contributed by atoms with Crippen molar-refractivity contribution >= 4 is 17.9 Å². The lowest BCUT2D eigenvalue weighted by Gasteiger charge is -2.18. The molecular weight excluding hydrogens is 781 g/mol. The molecule has 0 fully saturated rings. The molecule has 63 heavy (non-hydrogen) atoms. The SMILES string of the molecule is CCC/C=C\CCCCCCCC(=O)OCC(COC(=O)CCCCCCCCCCCCC/C=C\C/C=C\CCCCCCC)OC(=O)CCCCCCCCCCCCCC. The van der Waals surface area contributed by atoms with Crippen molar-refractivity contribution in [2.24, 2.45) is 0 Å². The molecule has 0 aliphatic rings. The van der Waals surface area contributed by atoms with Gasteiger partial charge in [0, 0.05) is 19.3 Å². The van der Waals surface area contributed by atoms with Gasteiger partial charge in [-0.2, -0.15) is 0 Å². The van der Waals surface area contributed by atoms with Gasteiger partial charge in [-0.05, 0) is 70.6 Å². The number of hydrogen-bond donors (Lipinski definition) is 0. The molecule has 0 radical (unpaired) electrons. The molecule has 0 aromatic heterocycles. The van der Waals surface area contributed by atoms with Crippen LogP contribution >= 0.6 is 0 Å². The van der Waals surface area contributed by atoms with Crippen LogP contribution in [0.15, 0.2) is 36.5 Å². The Kier molecular flexibility index (Phi) is 50.3. The fourth-order valence-corrected chi connectivity index (χ4v) is 7.95. The number of allylic oxidation sites excluding steroid dienone is 6. The fourth-order valence-electron chi connectivity index (χ4n) is 7.95. The average Bonchev–Trinajstić information content (AvgIpc) is 3.28. The van der Waals surface area contributed by atoms with Gasteiger partial charge in [0.2, 0.25) is 0 Å². The van der Waals surface area contributed by atoms with Crippen LogP contribution in [0.4, 0.5) is 0 Å². The second kappa shape index (κ2) is 52.3. The van der Waals surface area contributed by atoms with Crippen molar-refractivity contribution < 1.29 is 28.6 Å². The van der Waals surface area contributed by atoms with Gasteiger partial charge in [0.1, 0.15) is 13.2 Å². The van der Waals surface area contributed by atoms with Gasteiger partial charge in [0.05, 0.1) is 0 Å². The Labute approximate surface area is 391 Å². The number of hydrogen-bond acceptors (Lipinski definition) is 6. The summed E-state index contributed by atoms with van der Waals surface area (Å²) < 4.78 is 16.8. The molecule has 0 aromatic carbocycles. The van der Waals surface area contributed by atoms with Crippen molar-refractivity contribution in [3.05, 3.63) is 36.5 Å². The molecule has 0 spiro atoms. The molecule has 368 valence electrons. The molecule has 0 rings (SSSR count).